The minimum Gasteiger partial charge on any atom is -0.330 e. The molecule has 0 spiro atoms. The first-order chi connectivity index (χ1) is 7.65. The summed E-state index contributed by atoms with van der Waals surface area (Å²) < 4.78 is 0. The van der Waals surface area contributed by atoms with Gasteiger partial charge in [0.1, 0.15) is 0 Å². The SMILES string of the molecule is CC1CC1CN(C)CC1(CN)CCCCC1. The highest BCUT2D eigenvalue weighted by Gasteiger charge is 2.36. The first-order valence-electron chi connectivity index (χ1n) is 7.04. The number of hydrogen-bond acceptors (Lipinski definition) is 2. The van der Waals surface area contributed by atoms with Crippen LogP contribution in [0.4, 0.5) is 0 Å². The summed E-state index contributed by atoms with van der Waals surface area (Å²) in [5, 5.41) is 0. The van der Waals surface area contributed by atoms with Gasteiger partial charge in [-0.15, -0.1) is 0 Å². The highest BCUT2D eigenvalue weighted by atomic mass is 15.1. The number of nitrogens with zero attached hydrogens (tertiary/aromatic N) is 1. The van der Waals surface area contributed by atoms with Gasteiger partial charge in [0.2, 0.25) is 0 Å². The van der Waals surface area contributed by atoms with E-state index in [-0.39, 0.29) is 0 Å². The predicted octanol–water partition coefficient (Wildman–Crippen LogP) is 2.48. The van der Waals surface area contributed by atoms with Crippen molar-refractivity contribution in [1.29, 1.82) is 0 Å². The molecule has 2 saturated carbocycles. The van der Waals surface area contributed by atoms with E-state index in [2.05, 4.69) is 18.9 Å². The summed E-state index contributed by atoms with van der Waals surface area (Å²) in [6.45, 7) is 5.78. The topological polar surface area (TPSA) is 29.3 Å². The lowest BCUT2D eigenvalue weighted by Crippen LogP contribution is -2.43. The Bertz CT molecular complexity index is 221. The molecule has 16 heavy (non-hydrogen) atoms. The van der Waals surface area contributed by atoms with Gasteiger partial charge in [0.15, 0.2) is 0 Å². The molecule has 0 saturated heterocycles. The van der Waals surface area contributed by atoms with Gasteiger partial charge in [0.05, 0.1) is 0 Å². The fraction of sp³-hybridized carbons (Fsp3) is 1.00. The summed E-state index contributed by atoms with van der Waals surface area (Å²) in [7, 11) is 2.29. The smallest absolute Gasteiger partial charge is 0.00471 e. The molecule has 2 aliphatic carbocycles. The molecule has 2 nitrogen and oxygen atoms in total. The third kappa shape index (κ3) is 2.98. The Hall–Kier alpha value is -0.0800. The summed E-state index contributed by atoms with van der Waals surface area (Å²) >= 11 is 0. The quantitative estimate of drug-likeness (QED) is 0.777. The molecule has 94 valence electrons. The number of hydrogen-bond donors (Lipinski definition) is 1. The molecule has 0 aliphatic heterocycles. The van der Waals surface area contributed by atoms with Gasteiger partial charge in [-0.3, -0.25) is 0 Å². The zero-order chi connectivity index (χ0) is 11.6. The van der Waals surface area contributed by atoms with Crippen molar-refractivity contribution in [2.75, 3.05) is 26.7 Å². The van der Waals surface area contributed by atoms with E-state index in [0.29, 0.717) is 5.41 Å². The van der Waals surface area contributed by atoms with Crippen LogP contribution in [0.1, 0.15) is 45.4 Å². The third-order valence-electron chi connectivity index (χ3n) is 4.77. The maximum atomic E-state index is 6.03. The predicted molar refractivity (Wildman–Crippen MR) is 69.3 cm³/mol. The van der Waals surface area contributed by atoms with E-state index in [1.54, 1.807) is 0 Å². The van der Waals surface area contributed by atoms with Crippen molar-refractivity contribution in [3.8, 4) is 0 Å². The highest BCUT2D eigenvalue weighted by Crippen LogP contribution is 2.40. The van der Waals surface area contributed by atoms with Crippen molar-refractivity contribution >= 4 is 0 Å². The molecule has 2 atom stereocenters. The van der Waals surface area contributed by atoms with Crippen molar-refractivity contribution in [2.24, 2.45) is 23.0 Å². The molecule has 0 amide bonds. The van der Waals surface area contributed by atoms with Gasteiger partial charge in [-0.25, -0.2) is 0 Å². The zero-order valence-electron chi connectivity index (χ0n) is 11.0. The summed E-state index contributed by atoms with van der Waals surface area (Å²) in [4.78, 5) is 2.55. The van der Waals surface area contributed by atoms with Gasteiger partial charge in [0.25, 0.3) is 0 Å². The normalized spacial score (nSPS) is 33.0. The van der Waals surface area contributed by atoms with Crippen LogP contribution in [-0.4, -0.2) is 31.6 Å². The Morgan fingerprint density at radius 3 is 2.38 bits per heavy atom. The van der Waals surface area contributed by atoms with Crippen molar-refractivity contribution in [3.63, 3.8) is 0 Å². The minimum absolute atomic E-state index is 0.450. The molecule has 2 rings (SSSR count). The lowest BCUT2D eigenvalue weighted by atomic mass is 9.74. The first-order valence-corrected chi connectivity index (χ1v) is 7.04. The molecule has 2 fully saturated rings. The van der Waals surface area contributed by atoms with Crippen LogP contribution in [0.25, 0.3) is 0 Å². The van der Waals surface area contributed by atoms with Crippen LogP contribution in [0.5, 0.6) is 0 Å². The average molecular weight is 224 g/mol. The van der Waals surface area contributed by atoms with E-state index in [4.69, 9.17) is 5.73 Å². The zero-order valence-corrected chi connectivity index (χ0v) is 11.0. The molecule has 0 aromatic rings. The largest absolute Gasteiger partial charge is 0.330 e. The van der Waals surface area contributed by atoms with Crippen LogP contribution in [0.2, 0.25) is 0 Å². The van der Waals surface area contributed by atoms with E-state index in [1.807, 2.05) is 0 Å². The molecular weight excluding hydrogens is 196 g/mol. The molecule has 0 aromatic heterocycles. The highest BCUT2D eigenvalue weighted by molar-refractivity contribution is 4.89. The molecule has 2 aliphatic rings. The summed E-state index contributed by atoms with van der Waals surface area (Å²) in [6, 6.07) is 0. The lowest BCUT2D eigenvalue weighted by molar-refractivity contribution is 0.124. The van der Waals surface area contributed by atoms with E-state index >= 15 is 0 Å². The maximum Gasteiger partial charge on any atom is 0.00471 e. The maximum absolute atomic E-state index is 6.03. The monoisotopic (exact) mass is 224 g/mol. The van der Waals surface area contributed by atoms with Gasteiger partial charge in [0, 0.05) is 13.1 Å². The molecule has 2 N–H and O–H groups in total. The van der Waals surface area contributed by atoms with E-state index in [1.165, 1.54) is 51.6 Å². The Labute approximate surface area is 101 Å². The Kier molecular flexibility index (Phi) is 3.91. The molecule has 2 heteroatoms. The molecule has 0 heterocycles. The van der Waals surface area contributed by atoms with Crippen LogP contribution in [-0.2, 0) is 0 Å². The van der Waals surface area contributed by atoms with E-state index < -0.39 is 0 Å². The molecule has 0 radical (unpaired) electrons. The Morgan fingerprint density at radius 1 is 1.25 bits per heavy atom. The number of rotatable bonds is 5. The summed E-state index contributed by atoms with van der Waals surface area (Å²) in [5.74, 6) is 1.95. The van der Waals surface area contributed by atoms with Crippen molar-refractivity contribution < 1.29 is 0 Å². The van der Waals surface area contributed by atoms with Gasteiger partial charge < -0.3 is 10.6 Å². The van der Waals surface area contributed by atoms with Crippen molar-refractivity contribution in [1.82, 2.24) is 4.90 Å². The third-order valence-corrected chi connectivity index (χ3v) is 4.77. The lowest BCUT2D eigenvalue weighted by Gasteiger charge is -2.39. The molecule has 0 aromatic carbocycles. The first kappa shape index (κ1) is 12.4. The second-order valence-electron chi connectivity index (χ2n) is 6.43. The van der Waals surface area contributed by atoms with Gasteiger partial charge >= 0.3 is 0 Å². The van der Waals surface area contributed by atoms with Crippen LogP contribution >= 0.6 is 0 Å². The summed E-state index contributed by atoms with van der Waals surface area (Å²) in [5.41, 5.74) is 6.48. The molecular formula is C14H28N2. The standard InChI is InChI=1S/C14H28N2/c1-12-8-13(12)9-16(2)11-14(10-15)6-4-3-5-7-14/h12-13H,3-11,15H2,1-2H3. The Balaban J connectivity index is 1.80. The minimum atomic E-state index is 0.450. The van der Waals surface area contributed by atoms with E-state index in [0.717, 1.165) is 18.4 Å². The fourth-order valence-electron chi connectivity index (χ4n) is 3.42. The van der Waals surface area contributed by atoms with Crippen molar-refractivity contribution in [2.45, 2.75) is 45.4 Å². The van der Waals surface area contributed by atoms with Crippen LogP contribution in [0.3, 0.4) is 0 Å². The fourth-order valence-corrected chi connectivity index (χ4v) is 3.42. The van der Waals surface area contributed by atoms with Crippen LogP contribution in [0, 0.1) is 17.3 Å². The number of nitrogens with two attached hydrogens (primary N) is 1. The van der Waals surface area contributed by atoms with Gasteiger partial charge in [-0.2, -0.15) is 0 Å². The van der Waals surface area contributed by atoms with Crippen molar-refractivity contribution in [3.05, 3.63) is 0 Å². The average Bonchev–Trinajstić information content (AvgIpc) is 2.95. The van der Waals surface area contributed by atoms with Gasteiger partial charge in [-0.05, 0) is 50.1 Å². The second kappa shape index (κ2) is 5.05. The van der Waals surface area contributed by atoms with Crippen LogP contribution < -0.4 is 5.73 Å². The molecule has 0 bridgehead atoms. The second-order valence-corrected chi connectivity index (χ2v) is 6.43. The molecule has 2 unspecified atom stereocenters. The van der Waals surface area contributed by atoms with Crippen LogP contribution in [0.15, 0.2) is 0 Å². The summed E-state index contributed by atoms with van der Waals surface area (Å²) in [6.07, 6.45) is 8.36. The Morgan fingerprint density at radius 2 is 1.88 bits per heavy atom. The van der Waals surface area contributed by atoms with E-state index in [9.17, 15) is 0 Å². The van der Waals surface area contributed by atoms with Gasteiger partial charge in [-0.1, -0.05) is 26.2 Å².